The number of amides is 1. The van der Waals surface area contributed by atoms with E-state index in [1.54, 1.807) is 0 Å². The average Bonchev–Trinajstić information content (AvgIpc) is 2.65. The molecule has 0 aliphatic rings. The van der Waals surface area contributed by atoms with Gasteiger partial charge in [-0.1, -0.05) is 23.8 Å². The largest absolute Gasteiger partial charge is 0.490 e. The van der Waals surface area contributed by atoms with Gasteiger partial charge in [-0.15, -0.1) is 0 Å². The number of ether oxygens (including phenoxy) is 2. The second-order valence-electron chi connectivity index (χ2n) is 6.54. The van der Waals surface area contributed by atoms with Crippen molar-refractivity contribution in [3.63, 3.8) is 0 Å². The van der Waals surface area contributed by atoms with Crippen molar-refractivity contribution >= 4 is 11.6 Å². The Labute approximate surface area is 162 Å². The summed E-state index contributed by atoms with van der Waals surface area (Å²) in [6.07, 6.45) is 0. The number of rotatable bonds is 9. The van der Waals surface area contributed by atoms with E-state index in [0.717, 1.165) is 28.3 Å². The van der Waals surface area contributed by atoms with Crippen molar-refractivity contribution in [2.45, 2.75) is 46.7 Å². The van der Waals surface area contributed by atoms with Crippen LogP contribution in [0.1, 0.15) is 44.9 Å². The summed E-state index contributed by atoms with van der Waals surface area (Å²) in [6, 6.07) is 13.3. The second-order valence-corrected chi connectivity index (χ2v) is 6.54. The van der Waals surface area contributed by atoms with Crippen LogP contribution in [-0.4, -0.2) is 25.2 Å². The molecule has 0 saturated carbocycles. The summed E-state index contributed by atoms with van der Waals surface area (Å²) in [7, 11) is 0. The Morgan fingerprint density at radius 3 is 2.22 bits per heavy atom. The van der Waals surface area contributed by atoms with Crippen molar-refractivity contribution in [2.24, 2.45) is 0 Å². The third-order valence-corrected chi connectivity index (χ3v) is 4.28. The number of hydrogen-bond donors (Lipinski definition) is 2. The Hall–Kier alpha value is -2.53. The van der Waals surface area contributed by atoms with Gasteiger partial charge in [-0.3, -0.25) is 10.1 Å². The van der Waals surface area contributed by atoms with Crippen LogP contribution in [0.3, 0.4) is 0 Å². The van der Waals surface area contributed by atoms with E-state index < -0.39 is 0 Å². The third kappa shape index (κ3) is 6.00. The molecule has 0 fully saturated rings. The number of nitrogens with one attached hydrogen (secondary N) is 2. The molecule has 0 heterocycles. The van der Waals surface area contributed by atoms with Crippen LogP contribution in [0.5, 0.6) is 11.5 Å². The monoisotopic (exact) mass is 370 g/mol. The molecule has 2 atom stereocenters. The highest BCUT2D eigenvalue weighted by atomic mass is 16.5. The molecular weight excluding hydrogens is 340 g/mol. The molecule has 0 radical (unpaired) electrons. The van der Waals surface area contributed by atoms with Gasteiger partial charge in [-0.25, -0.2) is 0 Å². The molecule has 0 unspecified atom stereocenters. The zero-order valence-corrected chi connectivity index (χ0v) is 16.8. The molecule has 5 nitrogen and oxygen atoms in total. The van der Waals surface area contributed by atoms with E-state index in [0.29, 0.717) is 13.2 Å². The van der Waals surface area contributed by atoms with Crippen LogP contribution in [0.2, 0.25) is 0 Å². The Kier molecular flexibility index (Phi) is 7.67. The number of aryl methyl sites for hydroxylation is 1. The fraction of sp³-hybridized carbons (Fsp3) is 0.409. The van der Waals surface area contributed by atoms with Crippen molar-refractivity contribution < 1.29 is 14.3 Å². The average molecular weight is 370 g/mol. The summed E-state index contributed by atoms with van der Waals surface area (Å²) < 4.78 is 11.3. The maximum Gasteiger partial charge on any atom is 0.241 e. The van der Waals surface area contributed by atoms with Gasteiger partial charge in [-0.2, -0.15) is 0 Å². The van der Waals surface area contributed by atoms with Crippen LogP contribution >= 0.6 is 0 Å². The van der Waals surface area contributed by atoms with Gasteiger partial charge in [0.2, 0.25) is 5.91 Å². The molecule has 0 bridgehead atoms. The van der Waals surface area contributed by atoms with Crippen molar-refractivity contribution in [3.8, 4) is 11.5 Å². The molecule has 146 valence electrons. The fourth-order valence-corrected chi connectivity index (χ4v) is 2.77. The summed E-state index contributed by atoms with van der Waals surface area (Å²) in [5.74, 6) is 1.39. The highest BCUT2D eigenvalue weighted by Crippen LogP contribution is 2.30. The van der Waals surface area contributed by atoms with Crippen molar-refractivity contribution in [2.75, 3.05) is 18.5 Å². The standard InChI is InChI=1S/C22H30N2O3/c1-6-26-20-13-10-18(14-21(20)27-7-2)16(4)23-17(5)22(25)24-19-11-8-15(3)9-12-19/h8-14,16-17,23H,6-7H2,1-5H3,(H,24,25)/t16-,17+/m1/s1. The maximum atomic E-state index is 12.5. The van der Waals surface area contributed by atoms with E-state index in [1.807, 2.05) is 77.1 Å². The lowest BCUT2D eigenvalue weighted by molar-refractivity contribution is -0.117. The zero-order chi connectivity index (χ0) is 19.8. The number of carbonyl (C=O) groups is 1. The highest BCUT2D eigenvalue weighted by Gasteiger charge is 2.18. The van der Waals surface area contributed by atoms with Gasteiger partial charge in [0.25, 0.3) is 0 Å². The Bertz CT molecular complexity index is 744. The predicted molar refractivity (Wildman–Crippen MR) is 110 cm³/mol. The van der Waals surface area contributed by atoms with Crippen LogP contribution in [0, 0.1) is 6.92 Å². The predicted octanol–water partition coefficient (Wildman–Crippen LogP) is 4.47. The summed E-state index contributed by atoms with van der Waals surface area (Å²) >= 11 is 0. The summed E-state index contributed by atoms with van der Waals surface area (Å²) in [6.45, 7) is 11.0. The smallest absolute Gasteiger partial charge is 0.241 e. The van der Waals surface area contributed by atoms with Crippen molar-refractivity contribution in [1.82, 2.24) is 5.32 Å². The van der Waals surface area contributed by atoms with Crippen molar-refractivity contribution in [3.05, 3.63) is 53.6 Å². The molecule has 1 amide bonds. The van der Waals surface area contributed by atoms with Gasteiger partial charge in [0, 0.05) is 11.7 Å². The van der Waals surface area contributed by atoms with E-state index in [4.69, 9.17) is 9.47 Å². The van der Waals surface area contributed by atoms with Gasteiger partial charge in [0.05, 0.1) is 19.3 Å². The van der Waals surface area contributed by atoms with E-state index in [2.05, 4.69) is 10.6 Å². The first kappa shape index (κ1) is 20.8. The van der Waals surface area contributed by atoms with Crippen LogP contribution in [0.4, 0.5) is 5.69 Å². The van der Waals surface area contributed by atoms with Gasteiger partial charge in [0.1, 0.15) is 0 Å². The minimum atomic E-state index is -0.344. The quantitative estimate of drug-likeness (QED) is 0.684. The normalized spacial score (nSPS) is 12.9. The molecule has 2 rings (SSSR count). The van der Waals surface area contributed by atoms with Crippen LogP contribution in [-0.2, 0) is 4.79 Å². The van der Waals surface area contributed by atoms with Crippen LogP contribution in [0.15, 0.2) is 42.5 Å². The van der Waals surface area contributed by atoms with Gasteiger partial charge in [0.15, 0.2) is 11.5 Å². The molecule has 5 heteroatoms. The molecule has 0 saturated heterocycles. The molecule has 2 aromatic rings. The number of anilines is 1. The summed E-state index contributed by atoms with van der Waals surface area (Å²) in [5.41, 5.74) is 3.00. The zero-order valence-electron chi connectivity index (χ0n) is 16.8. The second kappa shape index (κ2) is 9.97. The third-order valence-electron chi connectivity index (χ3n) is 4.28. The SMILES string of the molecule is CCOc1ccc([C@@H](C)N[C@@H](C)C(=O)Nc2ccc(C)cc2)cc1OCC. The first-order valence-electron chi connectivity index (χ1n) is 9.47. The van der Waals surface area contributed by atoms with Crippen LogP contribution < -0.4 is 20.1 Å². The molecule has 2 N–H and O–H groups in total. The van der Waals surface area contributed by atoms with Gasteiger partial charge < -0.3 is 14.8 Å². The first-order valence-corrected chi connectivity index (χ1v) is 9.47. The van der Waals surface area contributed by atoms with E-state index in [9.17, 15) is 4.79 Å². The lowest BCUT2D eigenvalue weighted by Gasteiger charge is -2.21. The highest BCUT2D eigenvalue weighted by molar-refractivity contribution is 5.94. The molecule has 2 aromatic carbocycles. The van der Waals surface area contributed by atoms with Gasteiger partial charge in [-0.05, 0) is 64.4 Å². The van der Waals surface area contributed by atoms with Crippen LogP contribution in [0.25, 0.3) is 0 Å². The minimum absolute atomic E-state index is 0.0151. The lowest BCUT2D eigenvalue weighted by atomic mass is 10.1. The summed E-state index contributed by atoms with van der Waals surface area (Å²) in [4.78, 5) is 12.5. The van der Waals surface area contributed by atoms with Gasteiger partial charge >= 0.3 is 0 Å². The topological polar surface area (TPSA) is 59.6 Å². The lowest BCUT2D eigenvalue weighted by Crippen LogP contribution is -2.39. The Balaban J connectivity index is 2.02. The Morgan fingerprint density at radius 1 is 0.963 bits per heavy atom. The van der Waals surface area contributed by atoms with E-state index in [-0.39, 0.29) is 18.0 Å². The maximum absolute atomic E-state index is 12.5. The number of benzene rings is 2. The first-order chi connectivity index (χ1) is 12.9. The van der Waals surface area contributed by atoms with Crippen molar-refractivity contribution in [1.29, 1.82) is 0 Å². The molecule has 27 heavy (non-hydrogen) atoms. The molecule has 0 aliphatic carbocycles. The molecule has 0 aromatic heterocycles. The minimum Gasteiger partial charge on any atom is -0.490 e. The molecular formula is C22H30N2O3. The van der Waals surface area contributed by atoms with E-state index >= 15 is 0 Å². The van der Waals surface area contributed by atoms with E-state index in [1.165, 1.54) is 0 Å². The number of carbonyl (C=O) groups excluding carboxylic acids is 1. The molecule has 0 aliphatic heterocycles. The Morgan fingerprint density at radius 2 is 1.59 bits per heavy atom. The molecule has 0 spiro atoms. The number of hydrogen-bond acceptors (Lipinski definition) is 4. The fourth-order valence-electron chi connectivity index (χ4n) is 2.77. The summed E-state index contributed by atoms with van der Waals surface area (Å²) in [5, 5.41) is 6.28.